The van der Waals surface area contributed by atoms with Crippen LogP contribution < -0.4 is 16.2 Å². The summed E-state index contributed by atoms with van der Waals surface area (Å²) in [5, 5.41) is 5.21. The van der Waals surface area contributed by atoms with E-state index in [4.69, 9.17) is 5.84 Å². The molecular formula is C9H18N6S. The van der Waals surface area contributed by atoms with Crippen molar-refractivity contribution >= 4 is 23.7 Å². The van der Waals surface area contributed by atoms with Gasteiger partial charge in [-0.25, -0.2) is 5.84 Å². The van der Waals surface area contributed by atoms with Crippen LogP contribution in [0.4, 0.5) is 11.9 Å². The van der Waals surface area contributed by atoms with Crippen LogP contribution in [0, 0.1) is 0 Å². The predicted molar refractivity (Wildman–Crippen MR) is 67.6 cm³/mol. The molecule has 3 N–H and O–H groups in total. The summed E-state index contributed by atoms with van der Waals surface area (Å²) in [5.41, 5.74) is -0.0958. The van der Waals surface area contributed by atoms with Crippen molar-refractivity contribution in [1.29, 1.82) is 0 Å². The normalized spacial score (nSPS) is 11.4. The van der Waals surface area contributed by atoms with Crippen LogP contribution in [0.2, 0.25) is 0 Å². The lowest BCUT2D eigenvalue weighted by molar-refractivity contribution is 0.621. The Balaban J connectivity index is 3.04. The van der Waals surface area contributed by atoms with Crippen LogP contribution in [-0.4, -0.2) is 33.8 Å². The first kappa shape index (κ1) is 13.0. The summed E-state index contributed by atoms with van der Waals surface area (Å²) in [6.45, 7) is 6.13. The van der Waals surface area contributed by atoms with E-state index in [1.54, 1.807) is 7.05 Å². The molecule has 1 aromatic rings. The molecule has 0 atom stereocenters. The largest absolute Gasteiger partial charge is 0.349 e. The molecule has 7 heteroatoms. The zero-order valence-corrected chi connectivity index (χ0v) is 11.1. The lowest BCUT2D eigenvalue weighted by Gasteiger charge is -2.21. The maximum absolute atomic E-state index is 5.61. The molecule has 0 amide bonds. The number of nitrogens with zero attached hydrogens (tertiary/aromatic N) is 4. The topological polar surface area (TPSA) is 80.0 Å². The van der Waals surface area contributed by atoms with Gasteiger partial charge in [-0.05, 0) is 27.0 Å². The Morgan fingerprint density at radius 1 is 1.25 bits per heavy atom. The van der Waals surface area contributed by atoms with E-state index in [2.05, 4.69) is 20.3 Å². The standard InChI is InChI=1S/C9H18N6S/c1-9(2,3)14-6-11-7(15(4)10)13-8(12-6)16-5/h10H2,1-5H3,(H,11,12,13,14). The molecule has 1 rings (SSSR count). The molecule has 0 spiro atoms. The second kappa shape index (κ2) is 4.84. The lowest BCUT2D eigenvalue weighted by Crippen LogP contribution is -2.30. The van der Waals surface area contributed by atoms with E-state index in [1.807, 2.05) is 27.0 Å². The average molecular weight is 242 g/mol. The third kappa shape index (κ3) is 3.82. The van der Waals surface area contributed by atoms with Gasteiger partial charge in [-0.3, -0.25) is 5.01 Å². The SMILES string of the molecule is CSc1nc(NC(C)(C)C)nc(N(C)N)n1. The van der Waals surface area contributed by atoms with Crippen molar-refractivity contribution in [2.75, 3.05) is 23.6 Å². The summed E-state index contributed by atoms with van der Waals surface area (Å²) in [4.78, 5) is 12.7. The molecule has 0 aromatic carbocycles. The quantitative estimate of drug-likeness (QED) is 0.467. The third-order valence-electron chi connectivity index (χ3n) is 1.59. The van der Waals surface area contributed by atoms with Gasteiger partial charge in [0.1, 0.15) is 0 Å². The number of hydrogen-bond acceptors (Lipinski definition) is 7. The monoisotopic (exact) mass is 242 g/mol. The Labute approximate surface area is 100 Å². The third-order valence-corrected chi connectivity index (χ3v) is 2.14. The van der Waals surface area contributed by atoms with Crippen molar-refractivity contribution in [3.8, 4) is 0 Å². The summed E-state index contributed by atoms with van der Waals surface area (Å²) >= 11 is 1.46. The summed E-state index contributed by atoms with van der Waals surface area (Å²) in [5.74, 6) is 6.60. The van der Waals surface area contributed by atoms with Crippen LogP contribution >= 0.6 is 11.8 Å². The van der Waals surface area contributed by atoms with Gasteiger partial charge in [0.15, 0.2) is 5.16 Å². The molecule has 90 valence electrons. The van der Waals surface area contributed by atoms with E-state index in [0.29, 0.717) is 17.1 Å². The second-order valence-electron chi connectivity index (χ2n) is 4.43. The smallest absolute Gasteiger partial charge is 0.245 e. The highest BCUT2D eigenvalue weighted by atomic mass is 32.2. The molecule has 0 saturated carbocycles. The number of hydrazine groups is 1. The first-order valence-electron chi connectivity index (χ1n) is 4.88. The minimum absolute atomic E-state index is 0.0958. The molecule has 0 aliphatic rings. The molecular weight excluding hydrogens is 224 g/mol. The van der Waals surface area contributed by atoms with E-state index in [9.17, 15) is 0 Å². The maximum atomic E-state index is 5.61. The highest BCUT2D eigenvalue weighted by molar-refractivity contribution is 7.98. The Hall–Kier alpha value is -1.08. The number of hydrogen-bond donors (Lipinski definition) is 2. The van der Waals surface area contributed by atoms with Crippen LogP contribution in [-0.2, 0) is 0 Å². The molecule has 0 bridgehead atoms. The first-order valence-corrected chi connectivity index (χ1v) is 6.11. The molecule has 0 fully saturated rings. The zero-order valence-electron chi connectivity index (χ0n) is 10.3. The molecule has 16 heavy (non-hydrogen) atoms. The highest BCUT2D eigenvalue weighted by Gasteiger charge is 2.14. The van der Waals surface area contributed by atoms with Crippen LogP contribution in [0.15, 0.2) is 5.16 Å². The second-order valence-corrected chi connectivity index (χ2v) is 5.21. The molecule has 6 nitrogen and oxygen atoms in total. The molecule has 0 radical (unpaired) electrons. The van der Waals surface area contributed by atoms with E-state index in [0.717, 1.165) is 0 Å². The van der Waals surface area contributed by atoms with Crippen molar-refractivity contribution in [2.24, 2.45) is 5.84 Å². The van der Waals surface area contributed by atoms with E-state index in [-0.39, 0.29) is 5.54 Å². The van der Waals surface area contributed by atoms with Gasteiger partial charge in [0.25, 0.3) is 0 Å². The highest BCUT2D eigenvalue weighted by Crippen LogP contribution is 2.17. The van der Waals surface area contributed by atoms with Crippen LogP contribution in [0.5, 0.6) is 0 Å². The van der Waals surface area contributed by atoms with E-state index >= 15 is 0 Å². The van der Waals surface area contributed by atoms with Gasteiger partial charge in [-0.1, -0.05) is 11.8 Å². The van der Waals surface area contributed by atoms with Gasteiger partial charge in [-0.2, -0.15) is 15.0 Å². The fraction of sp³-hybridized carbons (Fsp3) is 0.667. The van der Waals surface area contributed by atoms with Crippen molar-refractivity contribution in [2.45, 2.75) is 31.5 Å². The van der Waals surface area contributed by atoms with Crippen molar-refractivity contribution in [3.05, 3.63) is 0 Å². The Morgan fingerprint density at radius 2 is 1.88 bits per heavy atom. The van der Waals surface area contributed by atoms with Gasteiger partial charge in [-0.15, -0.1) is 0 Å². The van der Waals surface area contributed by atoms with Gasteiger partial charge in [0, 0.05) is 12.6 Å². The minimum atomic E-state index is -0.0958. The van der Waals surface area contributed by atoms with Gasteiger partial charge in [0.05, 0.1) is 0 Å². The number of thioether (sulfide) groups is 1. The van der Waals surface area contributed by atoms with Crippen molar-refractivity contribution in [3.63, 3.8) is 0 Å². The Morgan fingerprint density at radius 3 is 2.31 bits per heavy atom. The van der Waals surface area contributed by atoms with E-state index < -0.39 is 0 Å². The number of anilines is 2. The zero-order chi connectivity index (χ0) is 12.3. The number of rotatable bonds is 3. The molecule has 0 unspecified atom stereocenters. The van der Waals surface area contributed by atoms with Crippen LogP contribution in [0.25, 0.3) is 0 Å². The summed E-state index contributed by atoms with van der Waals surface area (Å²) in [7, 11) is 1.69. The van der Waals surface area contributed by atoms with Gasteiger partial charge in [0.2, 0.25) is 11.9 Å². The molecule has 0 saturated heterocycles. The van der Waals surface area contributed by atoms with Crippen LogP contribution in [0.3, 0.4) is 0 Å². The fourth-order valence-electron chi connectivity index (χ4n) is 0.986. The minimum Gasteiger partial charge on any atom is -0.349 e. The lowest BCUT2D eigenvalue weighted by atomic mass is 10.1. The fourth-order valence-corrected chi connectivity index (χ4v) is 1.34. The Kier molecular flexibility index (Phi) is 3.93. The number of nitrogens with one attached hydrogen (secondary N) is 1. The van der Waals surface area contributed by atoms with Crippen molar-refractivity contribution < 1.29 is 0 Å². The molecule has 0 aliphatic heterocycles. The molecule has 0 aliphatic carbocycles. The summed E-state index contributed by atoms with van der Waals surface area (Å²) in [6, 6.07) is 0. The van der Waals surface area contributed by atoms with Gasteiger partial charge >= 0.3 is 0 Å². The predicted octanol–water partition coefficient (Wildman–Crippen LogP) is 1.11. The maximum Gasteiger partial charge on any atom is 0.245 e. The summed E-state index contributed by atoms with van der Waals surface area (Å²) < 4.78 is 0. The number of nitrogens with two attached hydrogens (primary N) is 1. The number of aromatic nitrogens is 3. The molecule has 1 aromatic heterocycles. The first-order chi connectivity index (χ1) is 7.31. The van der Waals surface area contributed by atoms with E-state index in [1.165, 1.54) is 16.8 Å². The molecule has 1 heterocycles. The Bertz CT molecular complexity index is 360. The van der Waals surface area contributed by atoms with Crippen molar-refractivity contribution in [1.82, 2.24) is 15.0 Å². The van der Waals surface area contributed by atoms with Gasteiger partial charge < -0.3 is 5.32 Å². The van der Waals surface area contributed by atoms with Crippen LogP contribution in [0.1, 0.15) is 20.8 Å². The summed E-state index contributed by atoms with van der Waals surface area (Å²) in [6.07, 6.45) is 1.91. The average Bonchev–Trinajstić information content (AvgIpc) is 2.14.